The monoisotopic (exact) mass is 278 g/mol. The van der Waals surface area contributed by atoms with Crippen LogP contribution in [-0.2, 0) is 4.79 Å². The summed E-state index contributed by atoms with van der Waals surface area (Å²) in [5.74, 6) is 0.0846. The van der Waals surface area contributed by atoms with Crippen molar-refractivity contribution in [2.24, 2.45) is 5.10 Å². The molecule has 0 radical (unpaired) electrons. The third-order valence-corrected chi connectivity index (χ3v) is 3.82. The molecule has 21 heavy (non-hydrogen) atoms. The summed E-state index contributed by atoms with van der Waals surface area (Å²) >= 11 is 0. The zero-order chi connectivity index (χ0) is 14.7. The molecule has 0 bridgehead atoms. The highest BCUT2D eigenvalue weighted by atomic mass is 16.1. The van der Waals surface area contributed by atoms with Gasteiger partial charge in [-0.25, -0.2) is 0 Å². The second kappa shape index (κ2) is 5.92. The van der Waals surface area contributed by atoms with Crippen molar-refractivity contribution in [1.29, 1.82) is 0 Å². The number of rotatable bonds is 3. The van der Waals surface area contributed by atoms with Crippen molar-refractivity contribution in [3.8, 4) is 0 Å². The average molecular weight is 278 g/mol. The number of carbonyl (C=O) groups excluding carboxylic acids is 1. The van der Waals surface area contributed by atoms with Crippen LogP contribution in [0.4, 0.5) is 0 Å². The Morgan fingerprint density at radius 3 is 2.86 bits per heavy atom. The highest BCUT2D eigenvalue weighted by molar-refractivity contribution is 6.48. The SMILES string of the molecule is CC1=CC=C(C(=O)C2=NNCC2c2ccccc2)CC=C1. The van der Waals surface area contributed by atoms with Crippen molar-refractivity contribution in [2.75, 3.05) is 6.54 Å². The van der Waals surface area contributed by atoms with Gasteiger partial charge in [0.05, 0.1) is 5.92 Å². The molecular formula is C18H18N2O. The van der Waals surface area contributed by atoms with Gasteiger partial charge in [0.15, 0.2) is 0 Å². The predicted octanol–water partition coefficient (Wildman–Crippen LogP) is 3.13. The van der Waals surface area contributed by atoms with Crippen LogP contribution in [0.5, 0.6) is 0 Å². The van der Waals surface area contributed by atoms with Crippen LogP contribution in [0.1, 0.15) is 24.8 Å². The molecule has 0 saturated heterocycles. The van der Waals surface area contributed by atoms with Gasteiger partial charge >= 0.3 is 0 Å². The molecular weight excluding hydrogens is 260 g/mol. The van der Waals surface area contributed by atoms with Crippen molar-refractivity contribution in [1.82, 2.24) is 5.43 Å². The number of hydrazone groups is 1. The predicted molar refractivity (Wildman–Crippen MR) is 85.2 cm³/mol. The summed E-state index contributed by atoms with van der Waals surface area (Å²) in [4.78, 5) is 12.7. The normalized spacial score (nSPS) is 21.0. The van der Waals surface area contributed by atoms with Crippen LogP contribution >= 0.6 is 0 Å². The fraction of sp³-hybridized carbons (Fsp3) is 0.222. The van der Waals surface area contributed by atoms with Gasteiger partial charge in [0, 0.05) is 12.1 Å². The molecule has 1 aromatic carbocycles. The smallest absolute Gasteiger partial charge is 0.205 e. The molecule has 0 spiro atoms. The maximum Gasteiger partial charge on any atom is 0.205 e. The molecule has 1 unspecified atom stereocenters. The average Bonchev–Trinajstić information content (AvgIpc) is 2.90. The van der Waals surface area contributed by atoms with E-state index in [-0.39, 0.29) is 11.7 Å². The topological polar surface area (TPSA) is 41.5 Å². The molecule has 3 rings (SSSR count). The van der Waals surface area contributed by atoms with Gasteiger partial charge in [-0.15, -0.1) is 0 Å². The van der Waals surface area contributed by atoms with Crippen LogP contribution < -0.4 is 5.43 Å². The minimum atomic E-state index is 0.0388. The van der Waals surface area contributed by atoms with Crippen LogP contribution in [0.15, 0.2) is 70.9 Å². The van der Waals surface area contributed by atoms with Crippen molar-refractivity contribution < 1.29 is 4.79 Å². The first-order chi connectivity index (χ1) is 10.3. The molecule has 0 fully saturated rings. The molecule has 0 amide bonds. The van der Waals surface area contributed by atoms with Crippen molar-refractivity contribution in [3.63, 3.8) is 0 Å². The second-order valence-corrected chi connectivity index (χ2v) is 5.36. The Kier molecular flexibility index (Phi) is 3.82. The van der Waals surface area contributed by atoms with Gasteiger partial charge in [-0.3, -0.25) is 4.79 Å². The number of Topliss-reactive ketones (excluding diaryl/α,β-unsaturated/α-hetero) is 1. The van der Waals surface area contributed by atoms with E-state index in [1.54, 1.807) is 0 Å². The molecule has 0 saturated carbocycles. The minimum absolute atomic E-state index is 0.0388. The molecule has 1 atom stereocenters. The van der Waals surface area contributed by atoms with E-state index in [4.69, 9.17) is 0 Å². The van der Waals surface area contributed by atoms with Crippen molar-refractivity contribution in [2.45, 2.75) is 19.3 Å². The summed E-state index contributed by atoms with van der Waals surface area (Å²) in [5, 5.41) is 4.25. The van der Waals surface area contributed by atoms with Crippen LogP contribution in [-0.4, -0.2) is 18.0 Å². The van der Waals surface area contributed by atoms with Gasteiger partial charge in [-0.2, -0.15) is 5.10 Å². The Morgan fingerprint density at radius 1 is 1.24 bits per heavy atom. The molecule has 1 N–H and O–H groups in total. The number of nitrogens with zero attached hydrogens (tertiary/aromatic N) is 1. The molecule has 106 valence electrons. The van der Waals surface area contributed by atoms with Crippen molar-refractivity contribution >= 4 is 11.5 Å². The first-order valence-electron chi connectivity index (χ1n) is 7.20. The van der Waals surface area contributed by atoms with Gasteiger partial charge in [0.1, 0.15) is 5.71 Å². The zero-order valence-electron chi connectivity index (χ0n) is 12.0. The maximum atomic E-state index is 12.7. The summed E-state index contributed by atoms with van der Waals surface area (Å²) in [7, 11) is 0. The fourth-order valence-corrected chi connectivity index (χ4v) is 2.63. The number of carbonyl (C=O) groups is 1. The molecule has 3 heteroatoms. The Balaban J connectivity index is 1.86. The number of benzene rings is 1. The van der Waals surface area contributed by atoms with Gasteiger partial charge in [-0.05, 0) is 18.9 Å². The molecule has 1 aromatic rings. The minimum Gasteiger partial charge on any atom is -0.309 e. The standard InChI is InChI=1S/C18H18N2O/c1-13-6-5-9-15(11-10-13)18(21)17-16(12-19-20-17)14-7-3-2-4-8-14/h2-8,10-11,16,19H,9,12H2,1H3. The van der Waals surface area contributed by atoms with E-state index >= 15 is 0 Å². The van der Waals surface area contributed by atoms with Crippen molar-refractivity contribution in [3.05, 3.63) is 71.3 Å². The lowest BCUT2D eigenvalue weighted by molar-refractivity contribution is -0.110. The number of ketones is 1. The van der Waals surface area contributed by atoms with Crippen LogP contribution in [0, 0.1) is 0 Å². The highest BCUT2D eigenvalue weighted by Crippen LogP contribution is 2.24. The summed E-state index contributed by atoms with van der Waals surface area (Å²) < 4.78 is 0. The summed E-state index contributed by atoms with van der Waals surface area (Å²) in [6.07, 6.45) is 8.63. The fourth-order valence-electron chi connectivity index (χ4n) is 2.63. The first-order valence-corrected chi connectivity index (χ1v) is 7.20. The van der Waals surface area contributed by atoms with Crippen LogP contribution in [0.2, 0.25) is 0 Å². The van der Waals surface area contributed by atoms with E-state index in [9.17, 15) is 4.79 Å². The Labute approximate surface area is 124 Å². The molecule has 2 aliphatic rings. The van der Waals surface area contributed by atoms with E-state index in [2.05, 4.69) is 10.5 Å². The van der Waals surface area contributed by atoms with Crippen LogP contribution in [0.3, 0.4) is 0 Å². The third-order valence-electron chi connectivity index (χ3n) is 3.82. The highest BCUT2D eigenvalue weighted by Gasteiger charge is 2.30. The first kappa shape index (κ1) is 13.6. The quantitative estimate of drug-likeness (QED) is 0.923. The van der Waals surface area contributed by atoms with E-state index in [0.29, 0.717) is 18.7 Å². The molecule has 1 aliphatic heterocycles. The van der Waals surface area contributed by atoms with E-state index in [0.717, 1.165) is 16.7 Å². The lowest BCUT2D eigenvalue weighted by atomic mass is 9.89. The molecule has 1 aliphatic carbocycles. The van der Waals surface area contributed by atoms with E-state index in [1.165, 1.54) is 0 Å². The summed E-state index contributed by atoms with van der Waals surface area (Å²) in [5.41, 5.74) is 6.68. The Bertz CT molecular complexity index is 666. The molecule has 1 heterocycles. The Morgan fingerprint density at radius 2 is 2.05 bits per heavy atom. The van der Waals surface area contributed by atoms with Gasteiger partial charge in [-0.1, -0.05) is 60.2 Å². The summed E-state index contributed by atoms with van der Waals surface area (Å²) in [6.45, 7) is 2.71. The van der Waals surface area contributed by atoms with Gasteiger partial charge in [0.2, 0.25) is 5.78 Å². The summed E-state index contributed by atoms with van der Waals surface area (Å²) in [6, 6.07) is 10.1. The number of hydrogen-bond acceptors (Lipinski definition) is 3. The Hall–Kier alpha value is -2.42. The maximum absolute atomic E-state index is 12.7. The lowest BCUT2D eigenvalue weighted by Gasteiger charge is -2.12. The number of hydrogen-bond donors (Lipinski definition) is 1. The zero-order valence-corrected chi connectivity index (χ0v) is 12.0. The second-order valence-electron chi connectivity index (χ2n) is 5.36. The van der Waals surface area contributed by atoms with E-state index in [1.807, 2.05) is 61.6 Å². The molecule has 3 nitrogen and oxygen atoms in total. The number of allylic oxidation sites excluding steroid dienone is 6. The van der Waals surface area contributed by atoms with Gasteiger partial charge < -0.3 is 5.43 Å². The largest absolute Gasteiger partial charge is 0.309 e. The molecule has 0 aromatic heterocycles. The van der Waals surface area contributed by atoms with Gasteiger partial charge in [0.25, 0.3) is 0 Å². The number of nitrogens with one attached hydrogen (secondary N) is 1. The third kappa shape index (κ3) is 2.87. The lowest BCUT2D eigenvalue weighted by Crippen LogP contribution is -2.22. The van der Waals surface area contributed by atoms with E-state index < -0.39 is 0 Å². The van der Waals surface area contributed by atoms with Crippen LogP contribution in [0.25, 0.3) is 0 Å².